The molecule has 0 radical (unpaired) electrons. The fourth-order valence-corrected chi connectivity index (χ4v) is 4.39. The van der Waals surface area contributed by atoms with Gasteiger partial charge in [0.25, 0.3) is 0 Å². The third-order valence-electron chi connectivity index (χ3n) is 3.12. The largest absolute Gasteiger partial charge is 0.500 e. The second-order valence-electron chi connectivity index (χ2n) is 5.13. The molecule has 4 heteroatoms. The highest BCUT2D eigenvalue weighted by atomic mass is 28.4. The van der Waals surface area contributed by atoms with Gasteiger partial charge in [-0.15, -0.1) is 0 Å². The molecular weight excluding hydrogens is 244 g/mol. The van der Waals surface area contributed by atoms with E-state index in [0.717, 1.165) is 12.5 Å². The molecule has 0 N–H and O–H groups in total. The summed E-state index contributed by atoms with van der Waals surface area (Å²) in [5.74, 6) is 0. The van der Waals surface area contributed by atoms with Crippen molar-refractivity contribution in [2.45, 2.75) is 77.9 Å². The Morgan fingerprint density at radius 2 is 1.33 bits per heavy atom. The van der Waals surface area contributed by atoms with E-state index < -0.39 is 8.80 Å². The summed E-state index contributed by atoms with van der Waals surface area (Å²) < 4.78 is 17.0. The van der Waals surface area contributed by atoms with Crippen LogP contribution in [-0.4, -0.2) is 29.1 Å². The Morgan fingerprint density at radius 1 is 0.833 bits per heavy atom. The fourth-order valence-electron chi connectivity index (χ4n) is 2.10. The Hall–Kier alpha value is 0.0969. The Bertz CT molecular complexity index is 182. The van der Waals surface area contributed by atoms with Crippen molar-refractivity contribution in [1.82, 2.24) is 0 Å². The molecule has 0 spiro atoms. The van der Waals surface area contributed by atoms with Gasteiger partial charge >= 0.3 is 8.80 Å². The van der Waals surface area contributed by atoms with Crippen LogP contribution in [0.4, 0.5) is 0 Å². The zero-order valence-corrected chi connectivity index (χ0v) is 14.0. The van der Waals surface area contributed by atoms with Gasteiger partial charge in [-0.2, -0.15) is 0 Å². The van der Waals surface area contributed by atoms with Crippen LogP contribution in [-0.2, 0) is 13.3 Å². The van der Waals surface area contributed by atoms with Crippen molar-refractivity contribution in [3.63, 3.8) is 0 Å². The summed E-state index contributed by atoms with van der Waals surface area (Å²) >= 11 is 0. The van der Waals surface area contributed by atoms with E-state index in [1.54, 1.807) is 14.2 Å². The number of hydrogen-bond donors (Lipinski definition) is 0. The van der Waals surface area contributed by atoms with Crippen molar-refractivity contribution in [3.8, 4) is 0 Å². The minimum atomic E-state index is -2.38. The van der Waals surface area contributed by atoms with E-state index in [9.17, 15) is 0 Å². The summed E-state index contributed by atoms with van der Waals surface area (Å²) in [6.07, 6.45) is 9.29. The molecule has 0 aromatic rings. The molecule has 0 atom stereocenters. The van der Waals surface area contributed by atoms with E-state index in [4.69, 9.17) is 13.3 Å². The Kier molecular flexibility index (Phi) is 11.0. The predicted molar refractivity (Wildman–Crippen MR) is 78.8 cm³/mol. The number of rotatable bonds is 12. The van der Waals surface area contributed by atoms with Crippen LogP contribution in [0.25, 0.3) is 0 Å². The van der Waals surface area contributed by atoms with Crippen LogP contribution in [0.2, 0.25) is 6.04 Å². The third-order valence-corrected chi connectivity index (χ3v) is 6.16. The van der Waals surface area contributed by atoms with Crippen LogP contribution in [0.3, 0.4) is 0 Å². The second kappa shape index (κ2) is 11.0. The normalized spacial score (nSPS) is 12.3. The highest BCUT2D eigenvalue weighted by molar-refractivity contribution is 6.60. The Labute approximate surface area is 115 Å². The number of unbranched alkanes of at least 4 members (excludes halogenated alkanes) is 6. The average molecular weight is 276 g/mol. The van der Waals surface area contributed by atoms with Crippen molar-refractivity contribution in [3.05, 3.63) is 0 Å². The maximum Gasteiger partial charge on any atom is 0.500 e. The summed E-state index contributed by atoms with van der Waals surface area (Å²) in [4.78, 5) is 0. The molecule has 0 aliphatic carbocycles. The molecule has 3 nitrogen and oxygen atoms in total. The summed E-state index contributed by atoms with van der Waals surface area (Å²) in [5.41, 5.74) is 0. The molecule has 0 amide bonds. The molecule has 0 aliphatic heterocycles. The summed E-state index contributed by atoms with van der Waals surface area (Å²) in [5, 5.41) is 0. The van der Waals surface area contributed by atoms with Gasteiger partial charge in [-0.1, -0.05) is 45.4 Å². The van der Waals surface area contributed by atoms with Crippen molar-refractivity contribution in [2.24, 2.45) is 0 Å². The Balaban J connectivity index is 3.76. The van der Waals surface area contributed by atoms with Gasteiger partial charge in [0.2, 0.25) is 0 Å². The highest BCUT2D eigenvalue weighted by Crippen LogP contribution is 2.20. The molecule has 0 bridgehead atoms. The molecule has 0 aliphatic rings. The number of hydrogen-bond acceptors (Lipinski definition) is 3. The van der Waals surface area contributed by atoms with Gasteiger partial charge in [0.1, 0.15) is 0 Å². The maximum atomic E-state index is 5.88. The Morgan fingerprint density at radius 3 is 1.78 bits per heavy atom. The minimum Gasteiger partial charge on any atom is -0.377 e. The van der Waals surface area contributed by atoms with Crippen LogP contribution in [0.15, 0.2) is 0 Å². The van der Waals surface area contributed by atoms with Gasteiger partial charge in [0.15, 0.2) is 0 Å². The first-order valence-corrected chi connectivity index (χ1v) is 9.31. The van der Waals surface area contributed by atoms with E-state index in [2.05, 4.69) is 6.92 Å². The van der Waals surface area contributed by atoms with E-state index >= 15 is 0 Å². The molecule has 0 rings (SSSR count). The lowest BCUT2D eigenvalue weighted by molar-refractivity contribution is 0.0693. The van der Waals surface area contributed by atoms with Crippen LogP contribution < -0.4 is 0 Å². The lowest BCUT2D eigenvalue weighted by Crippen LogP contribution is -2.45. The van der Waals surface area contributed by atoms with Gasteiger partial charge in [0, 0.05) is 26.4 Å². The van der Waals surface area contributed by atoms with E-state index in [1.807, 2.05) is 13.8 Å². The van der Waals surface area contributed by atoms with Crippen LogP contribution in [0.5, 0.6) is 0 Å². The summed E-state index contributed by atoms with van der Waals surface area (Å²) in [6, 6.07) is 0.936. The maximum absolute atomic E-state index is 5.88. The van der Waals surface area contributed by atoms with Gasteiger partial charge in [-0.3, -0.25) is 0 Å². The zero-order chi connectivity index (χ0) is 13.9. The van der Waals surface area contributed by atoms with Crippen LogP contribution in [0.1, 0.15) is 65.7 Å². The van der Waals surface area contributed by atoms with Gasteiger partial charge < -0.3 is 13.3 Å². The monoisotopic (exact) mass is 276 g/mol. The summed E-state index contributed by atoms with van der Waals surface area (Å²) in [6.45, 7) is 6.31. The van der Waals surface area contributed by atoms with Crippen molar-refractivity contribution < 1.29 is 13.3 Å². The first-order chi connectivity index (χ1) is 8.60. The average Bonchev–Trinajstić information content (AvgIpc) is 2.36. The topological polar surface area (TPSA) is 27.7 Å². The molecule has 0 aromatic heterocycles. The van der Waals surface area contributed by atoms with E-state index in [0.29, 0.717) is 0 Å². The fraction of sp³-hybridized carbons (Fsp3) is 1.00. The molecular formula is C14H32O3Si. The second-order valence-corrected chi connectivity index (χ2v) is 8.05. The van der Waals surface area contributed by atoms with Crippen molar-refractivity contribution in [2.75, 3.05) is 14.2 Å². The third kappa shape index (κ3) is 8.24. The first kappa shape index (κ1) is 18.1. The smallest absolute Gasteiger partial charge is 0.377 e. The van der Waals surface area contributed by atoms with E-state index in [-0.39, 0.29) is 6.10 Å². The van der Waals surface area contributed by atoms with Crippen LogP contribution >= 0.6 is 0 Å². The lowest BCUT2D eigenvalue weighted by Gasteiger charge is -2.28. The highest BCUT2D eigenvalue weighted by Gasteiger charge is 2.39. The molecule has 0 heterocycles. The standard InChI is InChI=1S/C14H32O3Si/c1-6-7-8-9-10-11-12-13-18(15-4,16-5)17-14(2)3/h14H,6-13H2,1-5H3. The molecule has 0 saturated heterocycles. The lowest BCUT2D eigenvalue weighted by atomic mass is 10.1. The first-order valence-electron chi connectivity index (χ1n) is 7.38. The molecule has 0 saturated carbocycles. The summed E-state index contributed by atoms with van der Waals surface area (Å²) in [7, 11) is 1.03. The minimum absolute atomic E-state index is 0.168. The van der Waals surface area contributed by atoms with Gasteiger partial charge in [0.05, 0.1) is 0 Å². The van der Waals surface area contributed by atoms with Crippen molar-refractivity contribution >= 4 is 8.80 Å². The quantitative estimate of drug-likeness (QED) is 0.391. The molecule has 0 unspecified atom stereocenters. The molecule has 0 fully saturated rings. The SMILES string of the molecule is CCCCCCCCC[Si](OC)(OC)OC(C)C. The molecule has 18 heavy (non-hydrogen) atoms. The van der Waals surface area contributed by atoms with Gasteiger partial charge in [-0.05, 0) is 20.3 Å². The molecule has 110 valence electrons. The molecule has 0 aromatic carbocycles. The van der Waals surface area contributed by atoms with Crippen molar-refractivity contribution in [1.29, 1.82) is 0 Å². The van der Waals surface area contributed by atoms with Crippen LogP contribution in [0, 0.1) is 0 Å². The van der Waals surface area contributed by atoms with E-state index in [1.165, 1.54) is 38.5 Å². The van der Waals surface area contributed by atoms with Gasteiger partial charge in [-0.25, -0.2) is 0 Å². The zero-order valence-electron chi connectivity index (χ0n) is 13.0. The predicted octanol–water partition coefficient (Wildman–Crippen LogP) is 4.39.